The van der Waals surface area contributed by atoms with Crippen molar-refractivity contribution < 1.29 is 27.8 Å². The van der Waals surface area contributed by atoms with E-state index in [1.54, 1.807) is 103 Å². The lowest BCUT2D eigenvalue weighted by Crippen LogP contribution is -2.37. The van der Waals surface area contributed by atoms with Gasteiger partial charge in [0.2, 0.25) is 0 Å². The molecule has 2 amide bonds. The Labute approximate surface area is 335 Å². The van der Waals surface area contributed by atoms with Gasteiger partial charge < -0.3 is 20.1 Å². The second-order valence-corrected chi connectivity index (χ2v) is 15.2. The number of nitrogens with zero attached hydrogens (tertiary/aromatic N) is 4. The second-order valence-electron chi connectivity index (χ2n) is 15.2. The zero-order chi connectivity index (χ0) is 41.7. The smallest absolute Gasteiger partial charge is 0.408 e. The maximum Gasteiger partial charge on any atom is 0.408 e. The highest BCUT2D eigenvalue weighted by molar-refractivity contribution is 5.79. The molecule has 4 aromatic carbocycles. The minimum absolute atomic E-state index is 0. The van der Waals surface area contributed by atoms with Crippen LogP contribution in [0.5, 0.6) is 0 Å². The molecular weight excluding hydrogens is 747 g/mol. The van der Waals surface area contributed by atoms with Gasteiger partial charge in [0.1, 0.15) is 39.9 Å². The molecule has 2 aromatic heterocycles. The SMILES string of the molecule is C.CC[C@H](NC(=O)OC(C)(C)C)c1nc2cccc(F)c2c(=O)n1-c1ccccc1.C[C@H](NC(=O)OC(C)(C)C)c1nc2ccc(F)cc2c(=O)n1-c1ccccc1. The Morgan fingerprint density at radius 3 is 1.74 bits per heavy atom. The first-order valence-corrected chi connectivity index (χ1v) is 18.4. The third-order valence-electron chi connectivity index (χ3n) is 8.29. The van der Waals surface area contributed by atoms with Crippen molar-refractivity contribution in [2.45, 2.75) is 92.5 Å². The lowest BCUT2D eigenvalue weighted by Gasteiger charge is -2.24. The molecule has 0 saturated heterocycles. The number of alkyl carbamates (subject to hydrolysis) is 2. The van der Waals surface area contributed by atoms with E-state index in [4.69, 9.17) is 9.47 Å². The third kappa shape index (κ3) is 10.7. The van der Waals surface area contributed by atoms with E-state index in [1.807, 2.05) is 19.1 Å². The summed E-state index contributed by atoms with van der Waals surface area (Å²) in [6, 6.07) is 24.7. The minimum Gasteiger partial charge on any atom is -0.444 e. The van der Waals surface area contributed by atoms with Crippen LogP contribution in [0.4, 0.5) is 18.4 Å². The monoisotopic (exact) mass is 796 g/mol. The van der Waals surface area contributed by atoms with Crippen molar-refractivity contribution in [2.24, 2.45) is 0 Å². The lowest BCUT2D eigenvalue weighted by atomic mass is 10.1. The molecule has 0 bridgehead atoms. The Kier molecular flexibility index (Phi) is 13.9. The van der Waals surface area contributed by atoms with Crippen LogP contribution in [-0.2, 0) is 9.47 Å². The predicted octanol–water partition coefficient (Wildman–Crippen LogP) is 9.25. The molecule has 2 heterocycles. The van der Waals surface area contributed by atoms with E-state index in [0.717, 1.165) is 0 Å². The molecule has 0 aliphatic carbocycles. The number of hydrogen-bond acceptors (Lipinski definition) is 8. The fraction of sp³-hybridized carbons (Fsp3) is 0.318. The Morgan fingerprint density at radius 1 is 0.690 bits per heavy atom. The minimum atomic E-state index is -0.665. The number of nitrogens with one attached hydrogen (secondary N) is 2. The molecule has 0 radical (unpaired) electrons. The molecule has 12 nitrogen and oxygen atoms in total. The molecule has 0 spiro atoms. The first-order valence-electron chi connectivity index (χ1n) is 18.4. The maximum atomic E-state index is 14.4. The van der Waals surface area contributed by atoms with Crippen LogP contribution in [0.25, 0.3) is 33.2 Å². The lowest BCUT2D eigenvalue weighted by molar-refractivity contribution is 0.0490. The zero-order valence-electron chi connectivity index (χ0n) is 33.1. The first-order chi connectivity index (χ1) is 26.9. The van der Waals surface area contributed by atoms with Gasteiger partial charge in [0, 0.05) is 0 Å². The van der Waals surface area contributed by atoms with Gasteiger partial charge in [-0.25, -0.2) is 28.3 Å². The molecule has 0 aliphatic rings. The van der Waals surface area contributed by atoms with E-state index in [1.165, 1.54) is 39.5 Å². The van der Waals surface area contributed by atoms with E-state index < -0.39 is 58.2 Å². The number of rotatable bonds is 7. The van der Waals surface area contributed by atoms with Gasteiger partial charge in [0.05, 0.1) is 39.9 Å². The summed E-state index contributed by atoms with van der Waals surface area (Å²) < 4.78 is 41.5. The number of fused-ring (bicyclic) bond motifs is 2. The second kappa shape index (κ2) is 18.2. The van der Waals surface area contributed by atoms with Crippen LogP contribution in [-0.4, -0.2) is 42.5 Å². The molecule has 58 heavy (non-hydrogen) atoms. The quantitative estimate of drug-likeness (QED) is 0.163. The third-order valence-corrected chi connectivity index (χ3v) is 8.29. The Bertz CT molecular complexity index is 2510. The normalized spacial score (nSPS) is 12.4. The van der Waals surface area contributed by atoms with Gasteiger partial charge >= 0.3 is 12.2 Å². The topological polar surface area (TPSA) is 146 Å². The molecule has 14 heteroatoms. The van der Waals surface area contributed by atoms with Gasteiger partial charge in [-0.05, 0) is 109 Å². The Morgan fingerprint density at radius 2 is 1.21 bits per heavy atom. The van der Waals surface area contributed by atoms with Crippen molar-refractivity contribution in [2.75, 3.05) is 0 Å². The maximum absolute atomic E-state index is 14.4. The van der Waals surface area contributed by atoms with Crippen molar-refractivity contribution in [3.05, 3.63) is 141 Å². The van der Waals surface area contributed by atoms with Crippen molar-refractivity contribution >= 4 is 34.0 Å². The molecule has 0 fully saturated rings. The van der Waals surface area contributed by atoms with Gasteiger partial charge in [-0.15, -0.1) is 0 Å². The van der Waals surface area contributed by atoms with Crippen molar-refractivity contribution in [3.63, 3.8) is 0 Å². The van der Waals surface area contributed by atoms with E-state index in [-0.39, 0.29) is 23.7 Å². The number of amides is 2. The summed E-state index contributed by atoms with van der Waals surface area (Å²) >= 11 is 0. The first kappa shape index (κ1) is 44.3. The standard InChI is InChI=1S/C22H24FN3O3.C21H22FN3O3.CH4/c1-5-16(25-21(28)29-22(2,3)4)19-24-17-13-9-12-15(23)18(17)20(27)26(19)14-10-7-6-8-11-14;1-13(23-20(27)28-21(2,3)4)18-24-17-11-10-14(22)12-16(17)19(26)25(18)15-8-6-5-7-9-15;/h6-13,16H,5H2,1-4H3,(H,25,28);5-13H,1-4H3,(H,23,27);1H4/t16-;13-;/m00./s1. The Hall–Kier alpha value is -6.44. The van der Waals surface area contributed by atoms with Crippen molar-refractivity contribution in [3.8, 4) is 11.4 Å². The molecular formula is C44H50F2N6O6. The number of carbonyl (C=O) groups excluding carboxylic acids is 2. The van der Waals surface area contributed by atoms with Crippen molar-refractivity contribution in [1.29, 1.82) is 0 Å². The molecule has 306 valence electrons. The number of benzene rings is 4. The average molecular weight is 797 g/mol. The fourth-order valence-electron chi connectivity index (χ4n) is 5.91. The molecule has 6 rings (SSSR count). The van der Waals surface area contributed by atoms with E-state index in [0.29, 0.717) is 35.0 Å². The highest BCUT2D eigenvalue weighted by atomic mass is 19.1. The molecule has 6 aromatic rings. The molecule has 0 unspecified atom stereocenters. The summed E-state index contributed by atoms with van der Waals surface area (Å²) in [6.07, 6.45) is -0.773. The number of carbonyl (C=O) groups is 2. The average Bonchev–Trinajstić information content (AvgIpc) is 3.13. The fourth-order valence-corrected chi connectivity index (χ4v) is 5.91. The van der Waals surface area contributed by atoms with Crippen LogP contribution in [0, 0.1) is 11.6 Å². The number of ether oxygens (including phenoxy) is 2. The number of aromatic nitrogens is 4. The summed E-state index contributed by atoms with van der Waals surface area (Å²) in [4.78, 5) is 60.0. The number of halogens is 2. The van der Waals surface area contributed by atoms with Crippen LogP contribution < -0.4 is 21.8 Å². The van der Waals surface area contributed by atoms with Gasteiger partial charge in [0.25, 0.3) is 11.1 Å². The van der Waals surface area contributed by atoms with Crippen LogP contribution in [0.15, 0.2) is 107 Å². The Balaban J connectivity index is 0.000000252. The molecule has 2 atom stereocenters. The predicted molar refractivity (Wildman–Crippen MR) is 222 cm³/mol. The zero-order valence-corrected chi connectivity index (χ0v) is 33.1. The van der Waals surface area contributed by atoms with Crippen LogP contribution >= 0.6 is 0 Å². The summed E-state index contributed by atoms with van der Waals surface area (Å²) in [7, 11) is 0. The number of para-hydroxylation sites is 2. The largest absolute Gasteiger partial charge is 0.444 e. The van der Waals surface area contributed by atoms with Crippen LogP contribution in [0.1, 0.15) is 93.0 Å². The van der Waals surface area contributed by atoms with Gasteiger partial charge in [-0.2, -0.15) is 0 Å². The van der Waals surface area contributed by atoms with E-state index in [2.05, 4.69) is 20.6 Å². The van der Waals surface area contributed by atoms with Crippen molar-refractivity contribution in [1.82, 2.24) is 29.7 Å². The van der Waals surface area contributed by atoms with E-state index in [9.17, 15) is 28.0 Å². The van der Waals surface area contributed by atoms with E-state index >= 15 is 0 Å². The number of hydrogen-bond donors (Lipinski definition) is 2. The summed E-state index contributed by atoms with van der Waals surface area (Å²) in [6.45, 7) is 14.2. The highest BCUT2D eigenvalue weighted by Crippen LogP contribution is 2.23. The highest BCUT2D eigenvalue weighted by Gasteiger charge is 2.26. The molecule has 0 saturated carbocycles. The van der Waals surface area contributed by atoms with Crippen LogP contribution in [0.2, 0.25) is 0 Å². The van der Waals surface area contributed by atoms with Gasteiger partial charge in [-0.3, -0.25) is 18.7 Å². The van der Waals surface area contributed by atoms with Gasteiger partial charge in [0.15, 0.2) is 0 Å². The summed E-state index contributed by atoms with van der Waals surface area (Å²) in [5.74, 6) is -0.517. The van der Waals surface area contributed by atoms with Crippen LogP contribution in [0.3, 0.4) is 0 Å². The molecule has 2 N–H and O–H groups in total. The summed E-state index contributed by atoms with van der Waals surface area (Å²) in [5.41, 5.74) is -0.567. The van der Waals surface area contributed by atoms with Gasteiger partial charge in [-0.1, -0.05) is 56.8 Å². The summed E-state index contributed by atoms with van der Waals surface area (Å²) in [5, 5.41) is 5.56. The molecule has 0 aliphatic heterocycles.